The van der Waals surface area contributed by atoms with Crippen LogP contribution in [-0.4, -0.2) is 11.6 Å². The van der Waals surface area contributed by atoms with Crippen molar-refractivity contribution >= 4 is 17.3 Å². The van der Waals surface area contributed by atoms with E-state index in [0.29, 0.717) is 11.4 Å². The number of carbonyl (C=O) groups excluding carboxylic acids is 1. The van der Waals surface area contributed by atoms with E-state index in [0.717, 1.165) is 11.1 Å². The zero-order valence-electron chi connectivity index (χ0n) is 11.3. The standard InChI is InChI=1S/C16H14N4O/c17-11-10-15(21)19-20-16(12-4-2-1-3-5-12)13-6-8-14(18)9-7-13/h1-9H,10,18H2,(H,19,21)/b20-16-. The minimum atomic E-state index is -0.443. The highest BCUT2D eigenvalue weighted by Crippen LogP contribution is 2.12. The molecule has 0 fully saturated rings. The van der Waals surface area contributed by atoms with Crippen LogP contribution in [0.15, 0.2) is 59.7 Å². The summed E-state index contributed by atoms with van der Waals surface area (Å²) in [5.41, 5.74) is 11.0. The van der Waals surface area contributed by atoms with Crippen LogP contribution in [0.1, 0.15) is 17.5 Å². The highest BCUT2D eigenvalue weighted by molar-refractivity contribution is 6.13. The summed E-state index contributed by atoms with van der Waals surface area (Å²) in [6.45, 7) is 0. The fourth-order valence-electron chi connectivity index (χ4n) is 1.76. The third-order valence-corrected chi connectivity index (χ3v) is 2.76. The fraction of sp³-hybridized carbons (Fsp3) is 0.0625. The second kappa shape index (κ2) is 6.87. The van der Waals surface area contributed by atoms with Gasteiger partial charge < -0.3 is 5.73 Å². The lowest BCUT2D eigenvalue weighted by molar-refractivity contribution is -0.120. The Morgan fingerprint density at radius 2 is 1.71 bits per heavy atom. The second-order valence-electron chi connectivity index (χ2n) is 4.32. The predicted molar refractivity (Wildman–Crippen MR) is 81.3 cm³/mol. The lowest BCUT2D eigenvalue weighted by Gasteiger charge is -2.08. The molecule has 104 valence electrons. The molecule has 1 amide bonds. The predicted octanol–water partition coefficient (Wildman–Crippen LogP) is 2.05. The van der Waals surface area contributed by atoms with E-state index in [4.69, 9.17) is 11.0 Å². The topological polar surface area (TPSA) is 91.3 Å². The van der Waals surface area contributed by atoms with Crippen LogP contribution in [0.25, 0.3) is 0 Å². The summed E-state index contributed by atoms with van der Waals surface area (Å²) >= 11 is 0. The summed E-state index contributed by atoms with van der Waals surface area (Å²) in [6, 6.07) is 18.4. The Kier molecular flexibility index (Phi) is 4.67. The first-order valence-electron chi connectivity index (χ1n) is 6.35. The molecule has 0 aliphatic rings. The van der Waals surface area contributed by atoms with E-state index in [2.05, 4.69) is 10.5 Å². The van der Waals surface area contributed by atoms with Crippen molar-refractivity contribution in [2.75, 3.05) is 5.73 Å². The van der Waals surface area contributed by atoms with Crippen LogP contribution in [0.3, 0.4) is 0 Å². The molecule has 0 saturated heterocycles. The number of hydrogen-bond acceptors (Lipinski definition) is 4. The van der Waals surface area contributed by atoms with Crippen molar-refractivity contribution < 1.29 is 4.79 Å². The molecule has 0 unspecified atom stereocenters. The first-order chi connectivity index (χ1) is 10.2. The van der Waals surface area contributed by atoms with Crippen molar-refractivity contribution in [2.45, 2.75) is 6.42 Å². The number of hydrogen-bond donors (Lipinski definition) is 2. The Balaban J connectivity index is 2.36. The molecular formula is C16H14N4O. The summed E-state index contributed by atoms with van der Waals surface area (Å²) in [5, 5.41) is 12.6. The summed E-state index contributed by atoms with van der Waals surface area (Å²) in [4.78, 5) is 11.4. The van der Waals surface area contributed by atoms with E-state index in [9.17, 15) is 4.79 Å². The maximum Gasteiger partial charge on any atom is 0.254 e. The van der Waals surface area contributed by atoms with Crippen LogP contribution in [0, 0.1) is 11.3 Å². The Morgan fingerprint density at radius 1 is 1.10 bits per heavy atom. The maximum absolute atomic E-state index is 11.4. The van der Waals surface area contributed by atoms with Gasteiger partial charge in [0.05, 0.1) is 11.8 Å². The number of nitrogen functional groups attached to an aromatic ring is 1. The normalized spacial score (nSPS) is 10.7. The van der Waals surface area contributed by atoms with E-state index in [1.165, 1.54) is 0 Å². The highest BCUT2D eigenvalue weighted by Gasteiger charge is 2.08. The summed E-state index contributed by atoms with van der Waals surface area (Å²) in [5.74, 6) is -0.443. The van der Waals surface area contributed by atoms with Gasteiger partial charge >= 0.3 is 0 Å². The molecule has 0 radical (unpaired) electrons. The first kappa shape index (κ1) is 14.3. The molecule has 5 heteroatoms. The molecule has 2 rings (SSSR count). The number of rotatable bonds is 4. The van der Waals surface area contributed by atoms with Crippen molar-refractivity contribution in [2.24, 2.45) is 5.10 Å². The van der Waals surface area contributed by atoms with Gasteiger partial charge in [0.15, 0.2) is 0 Å². The zero-order chi connectivity index (χ0) is 15.1. The van der Waals surface area contributed by atoms with Gasteiger partial charge in [-0.25, -0.2) is 5.43 Å². The quantitative estimate of drug-likeness (QED) is 0.509. The zero-order valence-corrected chi connectivity index (χ0v) is 11.3. The smallest absolute Gasteiger partial charge is 0.254 e. The molecule has 21 heavy (non-hydrogen) atoms. The van der Waals surface area contributed by atoms with Crippen LogP contribution < -0.4 is 11.2 Å². The number of hydrazone groups is 1. The maximum atomic E-state index is 11.4. The molecule has 0 aromatic heterocycles. The molecule has 0 bridgehead atoms. The molecule has 3 N–H and O–H groups in total. The van der Waals surface area contributed by atoms with Crippen LogP contribution >= 0.6 is 0 Å². The number of benzene rings is 2. The third kappa shape index (κ3) is 3.91. The summed E-state index contributed by atoms with van der Waals surface area (Å²) in [7, 11) is 0. The van der Waals surface area contributed by atoms with Crippen molar-refractivity contribution in [1.82, 2.24) is 5.43 Å². The average Bonchev–Trinajstić information content (AvgIpc) is 2.50. The Morgan fingerprint density at radius 3 is 2.33 bits per heavy atom. The minimum absolute atomic E-state index is 0.229. The number of carbonyl (C=O) groups is 1. The number of nitrogens with two attached hydrogens (primary N) is 1. The van der Waals surface area contributed by atoms with Gasteiger partial charge in [0.25, 0.3) is 5.91 Å². The molecule has 0 atom stereocenters. The number of amides is 1. The van der Waals surface area contributed by atoms with Crippen molar-refractivity contribution in [3.8, 4) is 6.07 Å². The van der Waals surface area contributed by atoms with Gasteiger partial charge in [-0.3, -0.25) is 4.79 Å². The monoisotopic (exact) mass is 278 g/mol. The van der Waals surface area contributed by atoms with Crippen molar-refractivity contribution in [3.63, 3.8) is 0 Å². The van der Waals surface area contributed by atoms with Crippen molar-refractivity contribution in [3.05, 3.63) is 65.7 Å². The molecule has 0 aliphatic heterocycles. The molecular weight excluding hydrogens is 264 g/mol. The van der Waals surface area contributed by atoms with Gasteiger partial charge in [0.1, 0.15) is 6.42 Å². The van der Waals surface area contributed by atoms with Crippen LogP contribution in [0.2, 0.25) is 0 Å². The Hall–Kier alpha value is -3.13. The van der Waals surface area contributed by atoms with Gasteiger partial charge in [-0.15, -0.1) is 0 Å². The summed E-state index contributed by atoms with van der Waals surface area (Å²) in [6.07, 6.45) is -0.229. The van der Waals surface area contributed by atoms with E-state index >= 15 is 0 Å². The van der Waals surface area contributed by atoms with Gasteiger partial charge in [-0.2, -0.15) is 10.4 Å². The van der Waals surface area contributed by atoms with Crippen LogP contribution in [-0.2, 0) is 4.79 Å². The average molecular weight is 278 g/mol. The number of anilines is 1. The molecule has 2 aromatic carbocycles. The first-order valence-corrected chi connectivity index (χ1v) is 6.35. The molecule has 0 spiro atoms. The SMILES string of the molecule is N#CCC(=O)N/N=C(/c1ccccc1)c1ccc(N)cc1. The Labute approximate surface area is 122 Å². The molecule has 0 aliphatic carbocycles. The number of nitrogens with one attached hydrogen (secondary N) is 1. The molecule has 2 aromatic rings. The van der Waals surface area contributed by atoms with Crippen LogP contribution in [0.5, 0.6) is 0 Å². The molecule has 0 saturated carbocycles. The lowest BCUT2D eigenvalue weighted by Crippen LogP contribution is -2.19. The third-order valence-electron chi connectivity index (χ3n) is 2.76. The Bertz CT molecular complexity index is 684. The van der Waals surface area contributed by atoms with Crippen LogP contribution in [0.4, 0.5) is 5.69 Å². The van der Waals surface area contributed by atoms with E-state index in [-0.39, 0.29) is 6.42 Å². The van der Waals surface area contributed by atoms with Gasteiger partial charge in [-0.05, 0) is 12.1 Å². The minimum Gasteiger partial charge on any atom is -0.399 e. The molecule has 0 heterocycles. The highest BCUT2D eigenvalue weighted by atomic mass is 16.2. The van der Waals surface area contributed by atoms with Gasteiger partial charge in [0.2, 0.25) is 0 Å². The van der Waals surface area contributed by atoms with E-state index in [1.807, 2.05) is 42.5 Å². The second-order valence-corrected chi connectivity index (χ2v) is 4.32. The van der Waals surface area contributed by atoms with E-state index < -0.39 is 5.91 Å². The fourth-order valence-corrected chi connectivity index (χ4v) is 1.76. The largest absolute Gasteiger partial charge is 0.399 e. The van der Waals surface area contributed by atoms with Gasteiger partial charge in [-0.1, -0.05) is 42.5 Å². The lowest BCUT2D eigenvalue weighted by atomic mass is 10.0. The molecule has 5 nitrogen and oxygen atoms in total. The van der Waals surface area contributed by atoms with Crippen molar-refractivity contribution in [1.29, 1.82) is 5.26 Å². The number of nitriles is 1. The van der Waals surface area contributed by atoms with Gasteiger partial charge in [0, 0.05) is 16.8 Å². The summed E-state index contributed by atoms with van der Waals surface area (Å²) < 4.78 is 0. The van der Waals surface area contributed by atoms with E-state index in [1.54, 1.807) is 18.2 Å². The number of nitrogens with zero attached hydrogens (tertiary/aromatic N) is 2.